The molecule has 2 aromatic rings. The molecular formula is C14H16N4O3. The summed E-state index contributed by atoms with van der Waals surface area (Å²) >= 11 is 0. The van der Waals surface area contributed by atoms with Crippen molar-refractivity contribution in [1.82, 2.24) is 9.97 Å². The van der Waals surface area contributed by atoms with Crippen molar-refractivity contribution in [1.29, 1.82) is 0 Å². The summed E-state index contributed by atoms with van der Waals surface area (Å²) in [5.74, 6) is -0.288. The van der Waals surface area contributed by atoms with E-state index in [1.165, 1.54) is 0 Å². The van der Waals surface area contributed by atoms with Gasteiger partial charge in [-0.05, 0) is 19.1 Å². The molecule has 0 bridgehead atoms. The number of nitrogens with one attached hydrogen (secondary N) is 3. The fourth-order valence-electron chi connectivity index (χ4n) is 1.83. The molecule has 7 nitrogen and oxygen atoms in total. The zero-order chi connectivity index (χ0) is 15.2. The maximum Gasteiger partial charge on any atom is 0.265 e. The van der Waals surface area contributed by atoms with Gasteiger partial charge in [0.15, 0.2) is 0 Å². The Kier molecular flexibility index (Phi) is 4.68. The maximum absolute atomic E-state index is 12.1. The van der Waals surface area contributed by atoms with Crippen LogP contribution in [0, 0.1) is 6.92 Å². The number of aliphatic hydroxyl groups is 1. The standard InChI is InChI=1S/C14H16N4O3/c1-9-11(12(20)17-10-5-3-2-4-6-10)13(21)18-14(16-9)15-7-8-19/h2-6,19H,7-8H2,1H3,(H,17,20)(H2,15,16,18,21). The van der Waals surface area contributed by atoms with E-state index in [4.69, 9.17) is 5.11 Å². The number of benzene rings is 1. The Balaban J connectivity index is 2.23. The van der Waals surface area contributed by atoms with Gasteiger partial charge in [0, 0.05) is 12.2 Å². The molecule has 0 unspecified atom stereocenters. The highest BCUT2D eigenvalue weighted by Crippen LogP contribution is 2.09. The average Bonchev–Trinajstić information content (AvgIpc) is 2.45. The number of aromatic amines is 1. The number of nitrogens with zero attached hydrogens (tertiary/aromatic N) is 1. The number of carbonyl (C=O) groups excluding carboxylic acids is 1. The van der Waals surface area contributed by atoms with Gasteiger partial charge in [-0.3, -0.25) is 14.6 Å². The van der Waals surface area contributed by atoms with Crippen molar-refractivity contribution in [2.24, 2.45) is 0 Å². The van der Waals surface area contributed by atoms with Gasteiger partial charge in [-0.25, -0.2) is 4.98 Å². The van der Waals surface area contributed by atoms with Gasteiger partial charge < -0.3 is 15.7 Å². The Morgan fingerprint density at radius 1 is 1.33 bits per heavy atom. The Morgan fingerprint density at radius 3 is 2.67 bits per heavy atom. The zero-order valence-electron chi connectivity index (χ0n) is 11.5. The van der Waals surface area contributed by atoms with E-state index < -0.39 is 11.5 Å². The quantitative estimate of drug-likeness (QED) is 0.649. The van der Waals surface area contributed by atoms with Crippen molar-refractivity contribution < 1.29 is 9.90 Å². The second-order valence-corrected chi connectivity index (χ2v) is 4.35. The highest BCUT2D eigenvalue weighted by atomic mass is 16.3. The number of hydrogen-bond donors (Lipinski definition) is 4. The van der Waals surface area contributed by atoms with Crippen molar-refractivity contribution >= 4 is 17.5 Å². The van der Waals surface area contributed by atoms with E-state index in [1.807, 2.05) is 6.07 Å². The summed E-state index contributed by atoms with van der Waals surface area (Å²) in [6.07, 6.45) is 0. The molecule has 0 aliphatic heterocycles. The molecule has 1 aromatic heterocycles. The van der Waals surface area contributed by atoms with Crippen LogP contribution in [0.5, 0.6) is 0 Å². The number of anilines is 2. The predicted octanol–water partition coefficient (Wildman–Crippen LogP) is 0.735. The molecule has 7 heteroatoms. The summed E-state index contributed by atoms with van der Waals surface area (Å²) in [4.78, 5) is 30.7. The lowest BCUT2D eigenvalue weighted by atomic mass is 10.2. The van der Waals surface area contributed by atoms with Crippen molar-refractivity contribution in [3.63, 3.8) is 0 Å². The van der Waals surface area contributed by atoms with E-state index in [2.05, 4.69) is 20.6 Å². The van der Waals surface area contributed by atoms with E-state index in [9.17, 15) is 9.59 Å². The van der Waals surface area contributed by atoms with Gasteiger partial charge in [0.1, 0.15) is 5.56 Å². The van der Waals surface area contributed by atoms with Gasteiger partial charge in [0.25, 0.3) is 11.5 Å². The normalized spacial score (nSPS) is 10.2. The minimum Gasteiger partial charge on any atom is -0.395 e. The average molecular weight is 288 g/mol. The number of aryl methyl sites for hydroxylation is 1. The molecule has 0 aliphatic carbocycles. The molecule has 0 saturated carbocycles. The number of aliphatic hydroxyl groups excluding tert-OH is 1. The number of rotatable bonds is 5. The van der Waals surface area contributed by atoms with Gasteiger partial charge >= 0.3 is 0 Å². The Morgan fingerprint density at radius 2 is 2.05 bits per heavy atom. The molecule has 21 heavy (non-hydrogen) atoms. The summed E-state index contributed by atoms with van der Waals surface area (Å²) in [7, 11) is 0. The molecule has 0 spiro atoms. The van der Waals surface area contributed by atoms with Crippen LogP contribution in [0.4, 0.5) is 11.6 Å². The number of aromatic nitrogens is 2. The van der Waals surface area contributed by atoms with Gasteiger partial charge in [0.05, 0.1) is 12.3 Å². The molecule has 0 saturated heterocycles. The van der Waals surface area contributed by atoms with E-state index in [-0.39, 0.29) is 24.7 Å². The number of H-pyrrole nitrogens is 1. The lowest BCUT2D eigenvalue weighted by molar-refractivity contribution is 0.102. The third-order valence-corrected chi connectivity index (χ3v) is 2.76. The molecular weight excluding hydrogens is 272 g/mol. The summed E-state index contributed by atoms with van der Waals surface area (Å²) in [6.45, 7) is 1.76. The number of para-hydroxylation sites is 1. The van der Waals surface area contributed by atoms with Gasteiger partial charge in [0.2, 0.25) is 5.95 Å². The fraction of sp³-hybridized carbons (Fsp3) is 0.214. The summed E-state index contributed by atoms with van der Waals surface area (Å²) in [5, 5.41) is 14.1. The van der Waals surface area contributed by atoms with Crippen LogP contribution in [0.25, 0.3) is 0 Å². The van der Waals surface area contributed by atoms with E-state index >= 15 is 0 Å². The van der Waals surface area contributed by atoms with Gasteiger partial charge in [-0.15, -0.1) is 0 Å². The van der Waals surface area contributed by atoms with E-state index in [1.54, 1.807) is 31.2 Å². The van der Waals surface area contributed by atoms with Crippen LogP contribution < -0.4 is 16.2 Å². The second-order valence-electron chi connectivity index (χ2n) is 4.35. The monoisotopic (exact) mass is 288 g/mol. The third-order valence-electron chi connectivity index (χ3n) is 2.76. The van der Waals surface area contributed by atoms with Crippen molar-refractivity contribution in [3.05, 3.63) is 51.9 Å². The van der Waals surface area contributed by atoms with Crippen molar-refractivity contribution in [2.75, 3.05) is 23.8 Å². The van der Waals surface area contributed by atoms with Crippen LogP contribution in [0.1, 0.15) is 16.1 Å². The molecule has 4 N–H and O–H groups in total. The second kappa shape index (κ2) is 6.67. The van der Waals surface area contributed by atoms with Crippen LogP contribution in [-0.2, 0) is 0 Å². The SMILES string of the molecule is Cc1nc(NCCO)[nH]c(=O)c1C(=O)Nc1ccccc1. The Hall–Kier alpha value is -2.67. The lowest BCUT2D eigenvalue weighted by Crippen LogP contribution is -2.27. The summed E-state index contributed by atoms with van der Waals surface area (Å²) < 4.78 is 0. The van der Waals surface area contributed by atoms with Crippen LogP contribution in [0.2, 0.25) is 0 Å². The zero-order valence-corrected chi connectivity index (χ0v) is 11.5. The predicted molar refractivity (Wildman–Crippen MR) is 79.6 cm³/mol. The highest BCUT2D eigenvalue weighted by Gasteiger charge is 2.16. The lowest BCUT2D eigenvalue weighted by Gasteiger charge is -2.09. The Labute approximate surface area is 121 Å². The van der Waals surface area contributed by atoms with Gasteiger partial charge in [-0.1, -0.05) is 18.2 Å². The molecule has 0 aliphatic rings. The van der Waals surface area contributed by atoms with Crippen molar-refractivity contribution in [2.45, 2.75) is 6.92 Å². The van der Waals surface area contributed by atoms with E-state index in [0.717, 1.165) is 0 Å². The largest absolute Gasteiger partial charge is 0.395 e. The molecule has 0 fully saturated rings. The van der Waals surface area contributed by atoms with Crippen LogP contribution in [0.15, 0.2) is 35.1 Å². The number of carbonyl (C=O) groups is 1. The van der Waals surface area contributed by atoms with Crippen LogP contribution in [-0.4, -0.2) is 34.1 Å². The number of amides is 1. The molecule has 2 rings (SSSR count). The minimum atomic E-state index is -0.531. The minimum absolute atomic E-state index is 0.0339. The van der Waals surface area contributed by atoms with Gasteiger partial charge in [-0.2, -0.15) is 0 Å². The summed E-state index contributed by atoms with van der Waals surface area (Å²) in [6, 6.07) is 8.86. The fourth-order valence-corrected chi connectivity index (χ4v) is 1.83. The molecule has 1 aromatic carbocycles. The van der Waals surface area contributed by atoms with Crippen LogP contribution >= 0.6 is 0 Å². The smallest absolute Gasteiger partial charge is 0.265 e. The number of hydrogen-bond acceptors (Lipinski definition) is 5. The Bertz CT molecular complexity index is 682. The van der Waals surface area contributed by atoms with Crippen molar-refractivity contribution in [3.8, 4) is 0 Å². The first kappa shape index (κ1) is 14.7. The highest BCUT2D eigenvalue weighted by molar-refractivity contribution is 6.04. The molecule has 0 radical (unpaired) electrons. The molecule has 110 valence electrons. The third kappa shape index (κ3) is 3.67. The maximum atomic E-state index is 12.1. The first-order valence-electron chi connectivity index (χ1n) is 6.44. The van der Waals surface area contributed by atoms with Crippen LogP contribution in [0.3, 0.4) is 0 Å². The first-order chi connectivity index (χ1) is 10.1. The topological polar surface area (TPSA) is 107 Å². The molecule has 0 atom stereocenters. The molecule has 1 heterocycles. The summed E-state index contributed by atoms with van der Waals surface area (Å²) in [5.41, 5.74) is 0.348. The van der Waals surface area contributed by atoms with E-state index in [0.29, 0.717) is 11.4 Å². The molecule has 1 amide bonds. The first-order valence-corrected chi connectivity index (χ1v) is 6.44.